The average molecular weight is 425 g/mol. The van der Waals surface area contributed by atoms with Crippen molar-refractivity contribution >= 4 is 16.6 Å². The van der Waals surface area contributed by atoms with Gasteiger partial charge in [-0.1, -0.05) is 13.8 Å². The number of hydrogen-bond donors (Lipinski definition) is 1. The van der Waals surface area contributed by atoms with Crippen LogP contribution in [0.2, 0.25) is 0 Å². The van der Waals surface area contributed by atoms with Gasteiger partial charge in [-0.2, -0.15) is 9.94 Å². The van der Waals surface area contributed by atoms with Crippen molar-refractivity contribution in [3.63, 3.8) is 0 Å². The molecule has 2 fully saturated rings. The molecule has 0 bridgehead atoms. The quantitative estimate of drug-likeness (QED) is 0.682. The third-order valence-electron chi connectivity index (χ3n) is 6.91. The van der Waals surface area contributed by atoms with Gasteiger partial charge in [-0.15, -0.1) is 0 Å². The predicted molar refractivity (Wildman–Crippen MR) is 123 cm³/mol. The minimum absolute atomic E-state index is 0.126. The SMILES string of the molecule is CCN(CCC#N)CC1(C)CCN(c2ccc3c(=O)n(N)c(=O)n(C4CC4)c3c2C)C1. The van der Waals surface area contributed by atoms with E-state index in [1.807, 2.05) is 19.1 Å². The fraction of sp³-hybridized carbons (Fsp3) is 0.609. The first-order valence-corrected chi connectivity index (χ1v) is 11.2. The molecule has 1 saturated carbocycles. The highest BCUT2D eigenvalue weighted by Crippen LogP contribution is 2.40. The molecule has 1 aromatic carbocycles. The first-order valence-electron chi connectivity index (χ1n) is 11.2. The van der Waals surface area contributed by atoms with E-state index >= 15 is 0 Å². The van der Waals surface area contributed by atoms with E-state index in [-0.39, 0.29) is 11.5 Å². The van der Waals surface area contributed by atoms with Crippen LogP contribution in [0.5, 0.6) is 0 Å². The second-order valence-corrected chi connectivity index (χ2v) is 9.42. The lowest BCUT2D eigenvalue weighted by Crippen LogP contribution is -2.44. The molecule has 1 aromatic heterocycles. The van der Waals surface area contributed by atoms with Crippen LogP contribution in [0.4, 0.5) is 5.69 Å². The Kier molecular flexibility index (Phi) is 5.56. The van der Waals surface area contributed by atoms with Crippen molar-refractivity contribution in [2.45, 2.75) is 52.5 Å². The Bertz CT molecular complexity index is 1160. The lowest BCUT2D eigenvalue weighted by Gasteiger charge is -2.32. The van der Waals surface area contributed by atoms with Crippen molar-refractivity contribution in [1.29, 1.82) is 5.26 Å². The maximum Gasteiger partial charge on any atom is 0.350 e. The van der Waals surface area contributed by atoms with Crippen LogP contribution in [-0.2, 0) is 0 Å². The monoisotopic (exact) mass is 424 g/mol. The number of nitrogen functional groups attached to an aromatic ring is 1. The molecule has 2 heterocycles. The largest absolute Gasteiger partial charge is 0.371 e. The molecule has 0 spiro atoms. The van der Waals surface area contributed by atoms with Crippen LogP contribution < -0.4 is 22.0 Å². The molecule has 0 radical (unpaired) electrons. The van der Waals surface area contributed by atoms with E-state index in [4.69, 9.17) is 11.1 Å². The second-order valence-electron chi connectivity index (χ2n) is 9.42. The first kappa shape index (κ1) is 21.4. The summed E-state index contributed by atoms with van der Waals surface area (Å²) in [6.07, 6.45) is 3.49. The highest BCUT2D eigenvalue weighted by molar-refractivity contribution is 5.87. The van der Waals surface area contributed by atoms with Crippen LogP contribution in [-0.4, -0.2) is 46.9 Å². The number of rotatable bonds is 7. The van der Waals surface area contributed by atoms with E-state index in [1.165, 1.54) is 0 Å². The van der Waals surface area contributed by atoms with Gasteiger partial charge < -0.3 is 15.6 Å². The Morgan fingerprint density at radius 3 is 2.71 bits per heavy atom. The molecule has 1 aliphatic heterocycles. The van der Waals surface area contributed by atoms with Gasteiger partial charge in [0, 0.05) is 44.3 Å². The Hall–Kier alpha value is -2.79. The zero-order chi connectivity index (χ0) is 22.3. The molecule has 2 aromatic rings. The van der Waals surface area contributed by atoms with E-state index in [0.29, 0.717) is 11.8 Å². The summed E-state index contributed by atoms with van der Waals surface area (Å²) >= 11 is 0. The number of benzene rings is 1. The van der Waals surface area contributed by atoms with Crippen LogP contribution in [0.3, 0.4) is 0 Å². The van der Waals surface area contributed by atoms with Crippen molar-refractivity contribution in [2.75, 3.05) is 43.5 Å². The Balaban J connectivity index is 1.68. The molecule has 1 unspecified atom stereocenters. The number of nitrogens with two attached hydrogens (primary N) is 1. The Labute approximate surface area is 182 Å². The fourth-order valence-electron chi connectivity index (χ4n) is 5.07. The number of aromatic nitrogens is 2. The average Bonchev–Trinajstić information content (AvgIpc) is 3.52. The molecule has 1 saturated heterocycles. The lowest BCUT2D eigenvalue weighted by molar-refractivity contribution is 0.189. The molecule has 0 amide bonds. The molecule has 1 atom stereocenters. The summed E-state index contributed by atoms with van der Waals surface area (Å²) in [7, 11) is 0. The van der Waals surface area contributed by atoms with Gasteiger partial charge in [0.25, 0.3) is 5.56 Å². The van der Waals surface area contributed by atoms with Crippen LogP contribution in [0, 0.1) is 23.7 Å². The van der Waals surface area contributed by atoms with Crippen molar-refractivity contribution in [3.05, 3.63) is 38.5 Å². The lowest BCUT2D eigenvalue weighted by atomic mass is 9.89. The number of nitrogens with zero attached hydrogens (tertiary/aromatic N) is 5. The van der Waals surface area contributed by atoms with E-state index in [1.54, 1.807) is 4.57 Å². The summed E-state index contributed by atoms with van der Waals surface area (Å²) in [5, 5.41) is 9.43. The van der Waals surface area contributed by atoms with Gasteiger partial charge in [0.2, 0.25) is 0 Å². The first-order chi connectivity index (χ1) is 14.8. The van der Waals surface area contributed by atoms with Crippen molar-refractivity contribution in [3.8, 4) is 6.07 Å². The number of nitriles is 1. The Morgan fingerprint density at radius 2 is 2.06 bits per heavy atom. The van der Waals surface area contributed by atoms with Crippen LogP contribution >= 0.6 is 0 Å². The highest BCUT2D eigenvalue weighted by Gasteiger charge is 2.36. The Morgan fingerprint density at radius 1 is 1.32 bits per heavy atom. The molecular formula is C23H32N6O2. The molecular weight excluding hydrogens is 392 g/mol. The van der Waals surface area contributed by atoms with Crippen LogP contribution in [0.15, 0.2) is 21.7 Å². The molecule has 1 aliphatic carbocycles. The minimum atomic E-state index is -0.436. The topological polar surface area (TPSA) is 100 Å². The standard InChI is InChI=1S/C23H32N6O2/c1-4-26(12-5-11-24)14-23(3)10-13-27(15-23)19-9-8-18-20(16(19)2)28(17-6-7-17)22(31)29(25)21(18)30/h8-9,17H,4-7,10,12-15,25H2,1-3H3. The fourth-order valence-corrected chi connectivity index (χ4v) is 5.07. The number of anilines is 1. The van der Waals surface area contributed by atoms with Gasteiger partial charge in [-0.05, 0) is 55.8 Å². The smallest absolute Gasteiger partial charge is 0.350 e. The minimum Gasteiger partial charge on any atom is -0.371 e. The van der Waals surface area contributed by atoms with Gasteiger partial charge >= 0.3 is 5.69 Å². The zero-order valence-corrected chi connectivity index (χ0v) is 18.7. The highest BCUT2D eigenvalue weighted by atomic mass is 16.2. The van der Waals surface area contributed by atoms with E-state index < -0.39 is 11.2 Å². The molecule has 166 valence electrons. The van der Waals surface area contributed by atoms with Crippen LogP contribution in [0.1, 0.15) is 51.1 Å². The summed E-state index contributed by atoms with van der Waals surface area (Å²) < 4.78 is 2.47. The van der Waals surface area contributed by atoms with Gasteiger partial charge in [0.05, 0.1) is 17.0 Å². The summed E-state index contributed by atoms with van der Waals surface area (Å²) in [4.78, 5) is 30.2. The van der Waals surface area contributed by atoms with Gasteiger partial charge in [-0.25, -0.2) is 4.79 Å². The summed E-state index contributed by atoms with van der Waals surface area (Å²) in [5.41, 5.74) is 2.05. The third kappa shape index (κ3) is 3.83. The summed E-state index contributed by atoms with van der Waals surface area (Å²) in [5.74, 6) is 5.79. The van der Waals surface area contributed by atoms with Crippen molar-refractivity contribution in [1.82, 2.24) is 14.1 Å². The normalized spacial score (nSPS) is 21.2. The molecule has 4 rings (SSSR count). The number of aryl methyl sites for hydroxylation is 1. The van der Waals surface area contributed by atoms with Crippen molar-refractivity contribution in [2.24, 2.45) is 5.41 Å². The maximum atomic E-state index is 12.8. The van der Waals surface area contributed by atoms with Gasteiger partial charge in [0.15, 0.2) is 0 Å². The summed E-state index contributed by atoms with van der Waals surface area (Å²) in [6.45, 7) is 11.0. The molecule has 2 aliphatic rings. The number of fused-ring (bicyclic) bond motifs is 1. The molecule has 8 heteroatoms. The van der Waals surface area contributed by atoms with E-state index in [9.17, 15) is 9.59 Å². The second kappa shape index (κ2) is 8.04. The van der Waals surface area contributed by atoms with E-state index in [2.05, 4.69) is 29.7 Å². The molecule has 8 nitrogen and oxygen atoms in total. The number of hydrogen-bond acceptors (Lipinski definition) is 6. The van der Waals surface area contributed by atoms with Crippen LogP contribution in [0.25, 0.3) is 10.9 Å². The maximum absolute atomic E-state index is 12.8. The zero-order valence-electron chi connectivity index (χ0n) is 18.7. The van der Waals surface area contributed by atoms with E-state index in [0.717, 1.165) is 73.4 Å². The molecule has 31 heavy (non-hydrogen) atoms. The predicted octanol–water partition coefficient (Wildman–Crippen LogP) is 1.97. The molecule has 2 N–H and O–H groups in total. The van der Waals surface area contributed by atoms with Gasteiger partial charge in [-0.3, -0.25) is 9.36 Å². The van der Waals surface area contributed by atoms with Gasteiger partial charge in [0.1, 0.15) is 0 Å². The summed E-state index contributed by atoms with van der Waals surface area (Å²) in [6, 6.07) is 6.19. The third-order valence-corrected chi connectivity index (χ3v) is 6.91. The van der Waals surface area contributed by atoms with Crippen molar-refractivity contribution < 1.29 is 0 Å².